The molecule has 0 radical (unpaired) electrons. The SMILES string of the molecule is CN=C(NCCCCC1CCCC1)NCC1CCN(S(C)(=O)=O)CC1.I. The summed E-state index contributed by atoms with van der Waals surface area (Å²) in [6.07, 6.45) is 12.8. The van der Waals surface area contributed by atoms with Crippen molar-refractivity contribution >= 4 is 40.0 Å². The van der Waals surface area contributed by atoms with Crippen LogP contribution in [0.2, 0.25) is 0 Å². The molecule has 1 saturated heterocycles. The van der Waals surface area contributed by atoms with Crippen molar-refractivity contribution in [2.24, 2.45) is 16.8 Å². The maximum atomic E-state index is 11.5. The lowest BCUT2D eigenvalue weighted by Gasteiger charge is -2.30. The molecule has 0 spiro atoms. The van der Waals surface area contributed by atoms with Crippen LogP contribution in [-0.4, -0.2) is 58.2 Å². The Labute approximate surface area is 177 Å². The van der Waals surface area contributed by atoms with Crippen molar-refractivity contribution in [1.82, 2.24) is 14.9 Å². The zero-order valence-corrected chi connectivity index (χ0v) is 19.5. The summed E-state index contributed by atoms with van der Waals surface area (Å²) in [5.74, 6) is 2.36. The maximum Gasteiger partial charge on any atom is 0.211 e. The monoisotopic (exact) mass is 500 g/mol. The molecule has 0 bridgehead atoms. The van der Waals surface area contributed by atoms with Crippen LogP contribution in [0, 0.1) is 11.8 Å². The van der Waals surface area contributed by atoms with Crippen LogP contribution in [-0.2, 0) is 10.0 Å². The van der Waals surface area contributed by atoms with Crippen LogP contribution in [0.25, 0.3) is 0 Å². The Kier molecular flexibility index (Phi) is 11.4. The fourth-order valence-corrected chi connectivity index (χ4v) is 4.84. The lowest BCUT2D eigenvalue weighted by atomic mass is 9.98. The molecule has 2 rings (SSSR count). The number of unbranched alkanes of at least 4 members (excludes halogenated alkanes) is 1. The molecule has 2 fully saturated rings. The van der Waals surface area contributed by atoms with E-state index in [1.807, 2.05) is 0 Å². The van der Waals surface area contributed by atoms with Gasteiger partial charge < -0.3 is 10.6 Å². The number of rotatable bonds is 8. The molecule has 0 amide bonds. The summed E-state index contributed by atoms with van der Waals surface area (Å²) in [5.41, 5.74) is 0. The summed E-state index contributed by atoms with van der Waals surface area (Å²) in [4.78, 5) is 4.29. The number of sulfonamides is 1. The second kappa shape index (κ2) is 12.4. The molecular weight excluding hydrogens is 463 g/mol. The predicted octanol–water partition coefficient (Wildman–Crippen LogP) is 2.80. The third-order valence-corrected chi connectivity index (χ3v) is 6.93. The Morgan fingerprint density at radius 2 is 1.69 bits per heavy atom. The first kappa shape index (κ1) is 23.9. The summed E-state index contributed by atoms with van der Waals surface area (Å²) in [7, 11) is -1.23. The van der Waals surface area contributed by atoms with Gasteiger partial charge in [-0.05, 0) is 31.1 Å². The molecule has 8 heteroatoms. The first-order valence-corrected chi connectivity index (χ1v) is 11.7. The van der Waals surface area contributed by atoms with Crippen LogP contribution in [0.3, 0.4) is 0 Å². The van der Waals surface area contributed by atoms with Gasteiger partial charge in [-0.3, -0.25) is 4.99 Å². The van der Waals surface area contributed by atoms with Crippen molar-refractivity contribution in [3.8, 4) is 0 Å². The summed E-state index contributed by atoms with van der Waals surface area (Å²) >= 11 is 0. The van der Waals surface area contributed by atoms with Crippen molar-refractivity contribution in [3.05, 3.63) is 0 Å². The molecule has 1 heterocycles. The molecule has 1 aliphatic carbocycles. The normalized spacial score (nSPS) is 20.8. The third kappa shape index (κ3) is 8.73. The van der Waals surface area contributed by atoms with E-state index in [9.17, 15) is 8.42 Å². The van der Waals surface area contributed by atoms with E-state index in [4.69, 9.17) is 0 Å². The molecule has 154 valence electrons. The van der Waals surface area contributed by atoms with E-state index in [1.165, 1.54) is 51.2 Å². The molecule has 6 nitrogen and oxygen atoms in total. The van der Waals surface area contributed by atoms with Gasteiger partial charge in [0, 0.05) is 33.2 Å². The molecule has 0 aromatic heterocycles. The van der Waals surface area contributed by atoms with Crippen molar-refractivity contribution in [1.29, 1.82) is 0 Å². The van der Waals surface area contributed by atoms with Crippen molar-refractivity contribution in [2.45, 2.75) is 57.8 Å². The number of guanidine groups is 1. The van der Waals surface area contributed by atoms with Gasteiger partial charge in [0.2, 0.25) is 10.0 Å². The van der Waals surface area contributed by atoms with Gasteiger partial charge in [0.25, 0.3) is 0 Å². The molecule has 0 atom stereocenters. The standard InChI is InChI=1S/C18H36N4O2S.HI/c1-19-18(20-12-6-5-9-16-7-3-4-8-16)21-15-17-10-13-22(14-11-17)25(2,23)24;/h16-17H,3-15H2,1-2H3,(H2,19,20,21);1H. The highest BCUT2D eigenvalue weighted by Crippen LogP contribution is 2.28. The Bertz CT molecular complexity index is 513. The average Bonchev–Trinajstić information content (AvgIpc) is 3.10. The van der Waals surface area contributed by atoms with Crippen molar-refractivity contribution in [3.63, 3.8) is 0 Å². The molecule has 0 aromatic carbocycles. The third-order valence-electron chi connectivity index (χ3n) is 5.63. The number of piperidine rings is 1. The minimum atomic E-state index is -3.03. The lowest BCUT2D eigenvalue weighted by Crippen LogP contribution is -2.44. The molecule has 0 unspecified atom stereocenters. The molecule has 1 aliphatic heterocycles. The Hall–Kier alpha value is -0.0900. The van der Waals surface area contributed by atoms with E-state index < -0.39 is 10.0 Å². The van der Waals surface area contributed by atoms with Crippen LogP contribution >= 0.6 is 24.0 Å². The van der Waals surface area contributed by atoms with Gasteiger partial charge in [-0.25, -0.2) is 12.7 Å². The van der Waals surface area contributed by atoms with Crippen LogP contribution in [0.15, 0.2) is 4.99 Å². The van der Waals surface area contributed by atoms with Crippen molar-refractivity contribution in [2.75, 3.05) is 39.5 Å². The number of hydrogen-bond donors (Lipinski definition) is 2. The van der Waals surface area contributed by atoms with Gasteiger partial charge in [0.1, 0.15) is 0 Å². The Balaban J connectivity index is 0.00000338. The van der Waals surface area contributed by atoms with Gasteiger partial charge in [0.15, 0.2) is 5.96 Å². The predicted molar refractivity (Wildman–Crippen MR) is 120 cm³/mol. The molecule has 2 N–H and O–H groups in total. The number of nitrogens with one attached hydrogen (secondary N) is 2. The molecule has 26 heavy (non-hydrogen) atoms. The minimum Gasteiger partial charge on any atom is -0.356 e. The van der Waals surface area contributed by atoms with Gasteiger partial charge in [-0.15, -0.1) is 24.0 Å². The summed E-state index contributed by atoms with van der Waals surface area (Å²) < 4.78 is 24.7. The fourth-order valence-electron chi connectivity index (χ4n) is 3.97. The average molecular weight is 500 g/mol. The second-order valence-corrected chi connectivity index (χ2v) is 9.61. The van der Waals surface area contributed by atoms with Gasteiger partial charge in [-0.1, -0.05) is 38.5 Å². The van der Waals surface area contributed by atoms with E-state index in [0.29, 0.717) is 19.0 Å². The van der Waals surface area contributed by atoms with Gasteiger partial charge >= 0.3 is 0 Å². The van der Waals surface area contributed by atoms with E-state index in [2.05, 4.69) is 15.6 Å². The molecule has 1 saturated carbocycles. The zero-order chi connectivity index (χ0) is 18.1. The zero-order valence-electron chi connectivity index (χ0n) is 16.4. The molecule has 2 aliphatic rings. The number of nitrogens with zero attached hydrogens (tertiary/aromatic N) is 2. The van der Waals surface area contributed by atoms with Crippen LogP contribution < -0.4 is 10.6 Å². The minimum absolute atomic E-state index is 0. The molecular formula is C18H37IN4O2S. The Morgan fingerprint density at radius 1 is 1.04 bits per heavy atom. The van der Waals surface area contributed by atoms with Gasteiger partial charge in [-0.2, -0.15) is 0 Å². The quantitative estimate of drug-likeness (QED) is 0.233. The van der Waals surface area contributed by atoms with E-state index in [0.717, 1.165) is 37.8 Å². The van der Waals surface area contributed by atoms with E-state index in [-0.39, 0.29) is 24.0 Å². The van der Waals surface area contributed by atoms with E-state index in [1.54, 1.807) is 11.4 Å². The smallest absolute Gasteiger partial charge is 0.211 e. The second-order valence-electron chi connectivity index (χ2n) is 7.63. The summed E-state index contributed by atoms with van der Waals surface area (Å²) in [5, 5.41) is 6.80. The topological polar surface area (TPSA) is 73.8 Å². The fraction of sp³-hybridized carbons (Fsp3) is 0.944. The first-order valence-electron chi connectivity index (χ1n) is 9.88. The number of halogens is 1. The number of hydrogen-bond acceptors (Lipinski definition) is 3. The van der Waals surface area contributed by atoms with E-state index >= 15 is 0 Å². The Morgan fingerprint density at radius 3 is 2.27 bits per heavy atom. The summed E-state index contributed by atoms with van der Waals surface area (Å²) in [6.45, 7) is 3.11. The summed E-state index contributed by atoms with van der Waals surface area (Å²) in [6, 6.07) is 0. The number of aliphatic imine (C=N–C) groups is 1. The van der Waals surface area contributed by atoms with Crippen LogP contribution in [0.4, 0.5) is 0 Å². The van der Waals surface area contributed by atoms with Crippen LogP contribution in [0.1, 0.15) is 57.8 Å². The lowest BCUT2D eigenvalue weighted by molar-refractivity contribution is 0.275. The van der Waals surface area contributed by atoms with Crippen molar-refractivity contribution < 1.29 is 8.42 Å². The maximum absolute atomic E-state index is 11.5. The highest BCUT2D eigenvalue weighted by Gasteiger charge is 2.24. The first-order chi connectivity index (χ1) is 12.0. The highest BCUT2D eigenvalue weighted by molar-refractivity contribution is 14.0. The largest absolute Gasteiger partial charge is 0.356 e. The van der Waals surface area contributed by atoms with Gasteiger partial charge in [0.05, 0.1) is 6.26 Å². The van der Waals surface area contributed by atoms with Crippen LogP contribution in [0.5, 0.6) is 0 Å². The highest BCUT2D eigenvalue weighted by atomic mass is 127. The molecule has 0 aromatic rings.